The molecule has 0 aromatic heterocycles. The van der Waals surface area contributed by atoms with Crippen LogP contribution in [-0.2, 0) is 14.3 Å². The van der Waals surface area contributed by atoms with Crippen molar-refractivity contribution in [3.8, 4) is 0 Å². The van der Waals surface area contributed by atoms with Crippen molar-refractivity contribution in [1.29, 1.82) is 0 Å². The second kappa shape index (κ2) is 4.94. The quantitative estimate of drug-likeness (QED) is 0.686. The van der Waals surface area contributed by atoms with Crippen LogP contribution in [0.2, 0.25) is 0 Å². The molecule has 4 heteroatoms. The van der Waals surface area contributed by atoms with Gasteiger partial charge in [0.25, 0.3) is 0 Å². The third-order valence-electron chi connectivity index (χ3n) is 3.24. The molecule has 0 radical (unpaired) electrons. The number of rotatable bonds is 2. The average molecular weight is 213 g/mol. The predicted octanol–water partition coefficient (Wildman–Crippen LogP) is 0.707. The van der Waals surface area contributed by atoms with Crippen molar-refractivity contribution in [1.82, 2.24) is 5.32 Å². The van der Waals surface area contributed by atoms with E-state index in [0.29, 0.717) is 19.1 Å². The van der Waals surface area contributed by atoms with Crippen molar-refractivity contribution >= 4 is 5.97 Å². The third-order valence-corrected chi connectivity index (χ3v) is 3.24. The van der Waals surface area contributed by atoms with Crippen LogP contribution in [0, 0.1) is 5.92 Å². The van der Waals surface area contributed by atoms with Gasteiger partial charge >= 0.3 is 5.97 Å². The summed E-state index contributed by atoms with van der Waals surface area (Å²) in [5.41, 5.74) is 0. The SMILES string of the molecule is CC1CCNC1C(=O)OC1CCOCC1. The van der Waals surface area contributed by atoms with E-state index in [9.17, 15) is 4.79 Å². The number of hydrogen-bond acceptors (Lipinski definition) is 4. The van der Waals surface area contributed by atoms with Gasteiger partial charge in [-0.05, 0) is 18.9 Å². The van der Waals surface area contributed by atoms with Gasteiger partial charge in [0.05, 0.1) is 13.2 Å². The first-order valence-electron chi connectivity index (χ1n) is 5.79. The van der Waals surface area contributed by atoms with Crippen LogP contribution in [0.25, 0.3) is 0 Å². The van der Waals surface area contributed by atoms with Gasteiger partial charge in [-0.2, -0.15) is 0 Å². The van der Waals surface area contributed by atoms with Gasteiger partial charge in [-0.3, -0.25) is 4.79 Å². The van der Waals surface area contributed by atoms with Crippen LogP contribution in [0.3, 0.4) is 0 Å². The molecule has 0 saturated carbocycles. The first-order chi connectivity index (χ1) is 7.27. The molecule has 2 aliphatic rings. The average Bonchev–Trinajstić information content (AvgIpc) is 2.66. The van der Waals surface area contributed by atoms with E-state index in [0.717, 1.165) is 25.8 Å². The van der Waals surface area contributed by atoms with Crippen molar-refractivity contribution in [2.75, 3.05) is 19.8 Å². The molecule has 0 aliphatic carbocycles. The Bertz CT molecular complexity index is 226. The highest BCUT2D eigenvalue weighted by Crippen LogP contribution is 2.18. The fourth-order valence-corrected chi connectivity index (χ4v) is 2.18. The number of carbonyl (C=O) groups excluding carboxylic acids is 1. The van der Waals surface area contributed by atoms with Gasteiger partial charge < -0.3 is 14.8 Å². The van der Waals surface area contributed by atoms with E-state index in [1.165, 1.54) is 0 Å². The van der Waals surface area contributed by atoms with Crippen molar-refractivity contribution in [2.45, 2.75) is 38.3 Å². The summed E-state index contributed by atoms with van der Waals surface area (Å²) in [7, 11) is 0. The smallest absolute Gasteiger partial charge is 0.323 e. The van der Waals surface area contributed by atoms with Crippen molar-refractivity contribution < 1.29 is 14.3 Å². The van der Waals surface area contributed by atoms with Gasteiger partial charge in [-0.15, -0.1) is 0 Å². The Morgan fingerprint density at radius 2 is 2.07 bits per heavy atom. The highest BCUT2D eigenvalue weighted by atomic mass is 16.6. The van der Waals surface area contributed by atoms with E-state index >= 15 is 0 Å². The molecule has 0 bridgehead atoms. The lowest BCUT2D eigenvalue weighted by atomic mass is 10.0. The minimum Gasteiger partial charge on any atom is -0.461 e. The third kappa shape index (κ3) is 2.69. The van der Waals surface area contributed by atoms with E-state index < -0.39 is 0 Å². The summed E-state index contributed by atoms with van der Waals surface area (Å²) in [4.78, 5) is 11.8. The van der Waals surface area contributed by atoms with E-state index in [1.54, 1.807) is 0 Å². The number of esters is 1. The monoisotopic (exact) mass is 213 g/mol. The zero-order valence-electron chi connectivity index (χ0n) is 9.20. The van der Waals surface area contributed by atoms with Gasteiger partial charge in [-0.25, -0.2) is 0 Å². The fourth-order valence-electron chi connectivity index (χ4n) is 2.18. The molecule has 2 heterocycles. The molecular weight excluding hydrogens is 194 g/mol. The second-order valence-electron chi connectivity index (χ2n) is 4.45. The molecule has 2 unspecified atom stereocenters. The summed E-state index contributed by atoms with van der Waals surface area (Å²) in [6.45, 7) is 4.45. The molecular formula is C11H19NO3. The Kier molecular flexibility index (Phi) is 3.59. The summed E-state index contributed by atoms with van der Waals surface area (Å²) in [6, 6.07) is -0.0900. The zero-order chi connectivity index (χ0) is 10.7. The normalized spacial score (nSPS) is 32.9. The summed E-state index contributed by atoms with van der Waals surface area (Å²) >= 11 is 0. The highest BCUT2D eigenvalue weighted by molar-refractivity contribution is 5.76. The maximum Gasteiger partial charge on any atom is 0.323 e. The Labute approximate surface area is 90.3 Å². The molecule has 0 spiro atoms. The lowest BCUT2D eigenvalue weighted by Gasteiger charge is -2.24. The topological polar surface area (TPSA) is 47.6 Å². The highest BCUT2D eigenvalue weighted by Gasteiger charge is 2.32. The van der Waals surface area contributed by atoms with Gasteiger partial charge in [0.1, 0.15) is 12.1 Å². The molecule has 1 N–H and O–H groups in total. The van der Waals surface area contributed by atoms with Gasteiger partial charge in [0.2, 0.25) is 0 Å². The molecule has 0 aromatic carbocycles. The van der Waals surface area contributed by atoms with Gasteiger partial charge in [-0.1, -0.05) is 6.92 Å². The van der Waals surface area contributed by atoms with Crippen molar-refractivity contribution in [3.05, 3.63) is 0 Å². The van der Waals surface area contributed by atoms with Crippen LogP contribution in [-0.4, -0.2) is 37.9 Å². The lowest BCUT2D eigenvalue weighted by Crippen LogP contribution is -2.39. The van der Waals surface area contributed by atoms with E-state index in [4.69, 9.17) is 9.47 Å². The molecule has 0 amide bonds. The summed E-state index contributed by atoms with van der Waals surface area (Å²) in [6.07, 6.45) is 2.81. The zero-order valence-corrected chi connectivity index (χ0v) is 9.20. The maximum atomic E-state index is 11.8. The van der Waals surface area contributed by atoms with E-state index in [2.05, 4.69) is 12.2 Å². The molecule has 2 atom stereocenters. The molecule has 2 fully saturated rings. The van der Waals surface area contributed by atoms with Crippen LogP contribution >= 0.6 is 0 Å². The minimum atomic E-state index is -0.0900. The van der Waals surface area contributed by atoms with Crippen molar-refractivity contribution in [2.24, 2.45) is 5.92 Å². The second-order valence-corrected chi connectivity index (χ2v) is 4.45. The Balaban J connectivity index is 1.80. The molecule has 2 rings (SSSR count). The van der Waals surface area contributed by atoms with Crippen molar-refractivity contribution in [3.63, 3.8) is 0 Å². The molecule has 4 nitrogen and oxygen atoms in total. The number of hydrogen-bond donors (Lipinski definition) is 1. The standard InChI is InChI=1S/C11H19NO3/c1-8-2-5-12-10(8)11(13)15-9-3-6-14-7-4-9/h8-10,12H,2-7H2,1H3. The van der Waals surface area contributed by atoms with Gasteiger partial charge in [0.15, 0.2) is 0 Å². The Morgan fingerprint density at radius 3 is 2.67 bits per heavy atom. The fraction of sp³-hybridized carbons (Fsp3) is 0.909. The largest absolute Gasteiger partial charge is 0.461 e. The Morgan fingerprint density at radius 1 is 1.33 bits per heavy atom. The summed E-state index contributed by atoms with van der Waals surface area (Å²) < 4.78 is 10.7. The first-order valence-corrected chi connectivity index (χ1v) is 5.79. The van der Waals surface area contributed by atoms with Crippen LogP contribution in [0.15, 0.2) is 0 Å². The first kappa shape index (κ1) is 10.9. The molecule has 86 valence electrons. The predicted molar refractivity (Wildman–Crippen MR) is 55.5 cm³/mol. The van der Waals surface area contributed by atoms with Crippen LogP contribution < -0.4 is 5.32 Å². The summed E-state index contributed by atoms with van der Waals surface area (Å²) in [5, 5.41) is 3.19. The minimum absolute atomic E-state index is 0.0702. The molecule has 15 heavy (non-hydrogen) atoms. The maximum absolute atomic E-state index is 11.8. The molecule has 2 aliphatic heterocycles. The summed E-state index contributed by atoms with van der Waals surface area (Å²) in [5.74, 6) is 0.323. The van der Waals surface area contributed by atoms with Crippen LogP contribution in [0.5, 0.6) is 0 Å². The number of nitrogens with one attached hydrogen (secondary N) is 1. The number of ether oxygens (including phenoxy) is 2. The lowest BCUT2D eigenvalue weighted by molar-refractivity contribution is -0.156. The molecule has 0 aromatic rings. The van der Waals surface area contributed by atoms with Crippen LogP contribution in [0.1, 0.15) is 26.2 Å². The Hall–Kier alpha value is -0.610. The van der Waals surface area contributed by atoms with Gasteiger partial charge in [0, 0.05) is 12.8 Å². The van der Waals surface area contributed by atoms with Crippen LogP contribution in [0.4, 0.5) is 0 Å². The van der Waals surface area contributed by atoms with E-state index in [1.807, 2.05) is 0 Å². The van der Waals surface area contributed by atoms with E-state index in [-0.39, 0.29) is 18.1 Å². The number of carbonyl (C=O) groups is 1. The molecule has 2 saturated heterocycles.